The van der Waals surface area contributed by atoms with E-state index in [1.54, 1.807) is 0 Å². The van der Waals surface area contributed by atoms with Crippen LogP contribution in [0.3, 0.4) is 0 Å². The summed E-state index contributed by atoms with van der Waals surface area (Å²) in [5.41, 5.74) is 13.2. The van der Waals surface area contributed by atoms with E-state index in [0.717, 1.165) is 9.80 Å². The fourth-order valence-corrected chi connectivity index (χ4v) is 9.79. The van der Waals surface area contributed by atoms with E-state index in [1.165, 1.54) is 75.6 Å². The molecule has 0 aliphatic carbocycles. The summed E-state index contributed by atoms with van der Waals surface area (Å²) < 4.78 is 1.12. The Bertz CT molecular complexity index is 1870. The van der Waals surface area contributed by atoms with E-state index >= 15 is 0 Å². The van der Waals surface area contributed by atoms with Gasteiger partial charge in [-0.1, -0.05) is 97.8 Å². The van der Waals surface area contributed by atoms with Crippen molar-refractivity contribution >= 4 is 90.6 Å². The molecule has 5 aromatic carbocycles. The summed E-state index contributed by atoms with van der Waals surface area (Å²) in [4.78, 5) is 10.5. The molecule has 38 heavy (non-hydrogen) atoms. The monoisotopic (exact) mass is 650 g/mol. The summed E-state index contributed by atoms with van der Waals surface area (Å²) >= 11 is 11.4. The van der Waals surface area contributed by atoms with Crippen LogP contribution < -0.4 is 15.1 Å². The van der Waals surface area contributed by atoms with Gasteiger partial charge in [-0.05, 0) is 70.7 Å². The molecule has 0 aromatic heterocycles. The second-order valence-corrected chi connectivity index (χ2v) is 13.6. The van der Waals surface area contributed by atoms with Crippen molar-refractivity contribution in [1.82, 2.24) is 0 Å². The Kier molecular flexibility index (Phi) is 4.67. The second-order valence-electron chi connectivity index (χ2n) is 9.94. The van der Waals surface area contributed by atoms with Gasteiger partial charge >= 0.3 is 6.98 Å². The zero-order chi connectivity index (χ0) is 25.1. The van der Waals surface area contributed by atoms with E-state index in [9.17, 15) is 0 Å². The smallest absolute Gasteiger partial charge is 0.359 e. The molecular weight excluding hydrogens is 635 g/mol. The molecule has 2 nitrogen and oxygen atoms in total. The predicted molar refractivity (Wildman–Crippen MR) is 168 cm³/mol. The fraction of sp³-hybridized carbons (Fsp3) is 0.0323. The molecule has 4 aliphatic rings. The molecule has 7 heteroatoms. The minimum Gasteiger partial charge on any atom is -0.359 e. The highest BCUT2D eigenvalue weighted by molar-refractivity contribution is 9.10. The van der Waals surface area contributed by atoms with Crippen LogP contribution in [0.5, 0.6) is 0 Å². The number of para-hydroxylation sites is 2. The highest BCUT2D eigenvalue weighted by Crippen LogP contribution is 2.60. The normalized spacial score (nSPS) is 14.8. The summed E-state index contributed by atoms with van der Waals surface area (Å²) in [6.07, 6.45) is 0. The van der Waals surface area contributed by atoms with Crippen molar-refractivity contribution in [3.05, 3.63) is 101 Å². The van der Waals surface area contributed by atoms with Crippen molar-refractivity contribution < 1.29 is 0 Å². The van der Waals surface area contributed by atoms with Gasteiger partial charge in [0, 0.05) is 51.9 Å². The van der Waals surface area contributed by atoms with E-state index < -0.39 is 0 Å². The summed E-state index contributed by atoms with van der Waals surface area (Å²) in [5, 5.41) is 0.837. The summed E-state index contributed by atoms with van der Waals surface area (Å²) in [6, 6.07) is 34.0. The van der Waals surface area contributed by atoms with Gasteiger partial charge in [0.2, 0.25) is 0 Å². The van der Waals surface area contributed by atoms with Gasteiger partial charge in [-0.2, -0.15) is 0 Å². The van der Waals surface area contributed by atoms with Crippen molar-refractivity contribution in [1.29, 1.82) is 0 Å². The first-order valence-electron chi connectivity index (χ1n) is 12.5. The Labute approximate surface area is 246 Å². The van der Waals surface area contributed by atoms with Crippen LogP contribution in [0.2, 0.25) is 0 Å². The van der Waals surface area contributed by atoms with Gasteiger partial charge in [-0.3, -0.25) is 0 Å². The lowest BCUT2D eigenvalue weighted by molar-refractivity contribution is 1.14. The van der Waals surface area contributed by atoms with Gasteiger partial charge in [0.05, 0.1) is 11.4 Å². The van der Waals surface area contributed by atoms with Crippen LogP contribution in [0.1, 0.15) is 5.56 Å². The van der Waals surface area contributed by atoms with Crippen molar-refractivity contribution in [3.63, 3.8) is 0 Å². The van der Waals surface area contributed by atoms with Crippen molar-refractivity contribution in [2.75, 3.05) is 9.62 Å². The summed E-state index contributed by atoms with van der Waals surface area (Å²) in [6.45, 7) is 0.0128. The van der Waals surface area contributed by atoms with E-state index in [2.05, 4.69) is 132 Å². The van der Waals surface area contributed by atoms with E-state index in [-0.39, 0.29) is 6.98 Å². The number of nitrogens with zero attached hydrogens (tertiary/aromatic N) is 2. The molecule has 5 aromatic rings. The topological polar surface area (TPSA) is 6.48 Å². The Morgan fingerprint density at radius 3 is 1.82 bits per heavy atom. The van der Waals surface area contributed by atoms with E-state index in [0.29, 0.717) is 0 Å². The lowest BCUT2D eigenvalue weighted by Crippen LogP contribution is -2.62. The molecular formula is C31H17BBr2N2S2. The Morgan fingerprint density at radius 1 is 0.605 bits per heavy atom. The molecule has 9 rings (SSSR count). The predicted octanol–water partition coefficient (Wildman–Crippen LogP) is 9.61. The van der Waals surface area contributed by atoms with Gasteiger partial charge in [0.1, 0.15) is 0 Å². The molecule has 0 atom stereocenters. The maximum Gasteiger partial charge on any atom is 0.422 e. The molecule has 0 fully saturated rings. The maximum atomic E-state index is 3.84. The molecule has 0 unspecified atom stereocenters. The number of anilines is 4. The average molecular weight is 652 g/mol. The number of rotatable bonds is 1. The number of hydrogen-bond donors (Lipinski definition) is 0. The number of alkyl halides is 1. The molecule has 0 saturated carbocycles. The molecule has 4 heterocycles. The van der Waals surface area contributed by atoms with Crippen molar-refractivity contribution in [3.8, 4) is 22.3 Å². The van der Waals surface area contributed by atoms with Crippen LogP contribution in [0, 0.1) is 0 Å². The first kappa shape index (κ1) is 22.3. The van der Waals surface area contributed by atoms with Crippen LogP contribution in [-0.4, -0.2) is 6.98 Å². The third-order valence-electron chi connectivity index (χ3n) is 7.93. The minimum absolute atomic E-state index is 0.0128. The van der Waals surface area contributed by atoms with Crippen LogP contribution >= 0.6 is 55.4 Å². The third kappa shape index (κ3) is 2.83. The molecule has 0 amide bonds. The van der Waals surface area contributed by atoms with Crippen LogP contribution in [-0.2, 0) is 5.33 Å². The second kappa shape index (κ2) is 7.98. The maximum absolute atomic E-state index is 3.84. The SMILES string of the molecule is BrCc1cc2c3c(c1)-c1cccc4c1B(N1c5ccccc5Sc5cc(Br)cc-4c51)N3c1ccccc1S2. The standard InChI is InChI=1S/C31H17BBr2N2S2/c33-16-17-12-21-19-6-5-7-20-22-14-18(34)15-28-31(22)36(24-9-2-4-11-26(24)38-28)32(29(19)20)35-23-8-1-3-10-25(23)37-27(13-17)30(21)35/h1-15H,16H2. The minimum atomic E-state index is 0.0128. The van der Waals surface area contributed by atoms with Crippen LogP contribution in [0.15, 0.2) is 115 Å². The van der Waals surface area contributed by atoms with Crippen LogP contribution in [0.25, 0.3) is 22.3 Å². The van der Waals surface area contributed by atoms with E-state index in [4.69, 9.17) is 0 Å². The van der Waals surface area contributed by atoms with E-state index in [1.807, 2.05) is 23.5 Å². The van der Waals surface area contributed by atoms with Gasteiger partial charge < -0.3 is 9.62 Å². The Hall–Kier alpha value is -2.58. The summed E-state index contributed by atoms with van der Waals surface area (Å²) in [5.74, 6) is 0. The molecule has 0 saturated heterocycles. The van der Waals surface area contributed by atoms with Gasteiger partial charge in [-0.15, -0.1) is 0 Å². The zero-order valence-electron chi connectivity index (χ0n) is 19.9. The number of halogens is 2. The molecule has 180 valence electrons. The average Bonchev–Trinajstić information content (AvgIpc) is 2.95. The van der Waals surface area contributed by atoms with Crippen molar-refractivity contribution in [2.45, 2.75) is 24.9 Å². The number of benzene rings is 5. The van der Waals surface area contributed by atoms with Gasteiger partial charge in [-0.25, -0.2) is 0 Å². The highest BCUT2D eigenvalue weighted by Gasteiger charge is 2.51. The molecule has 0 spiro atoms. The highest BCUT2D eigenvalue weighted by atomic mass is 79.9. The molecule has 4 aliphatic heterocycles. The molecule has 0 N–H and O–H groups in total. The van der Waals surface area contributed by atoms with Crippen molar-refractivity contribution in [2.24, 2.45) is 0 Å². The Morgan fingerprint density at radius 2 is 1.18 bits per heavy atom. The molecule has 0 bridgehead atoms. The first-order chi connectivity index (χ1) is 18.7. The fourth-order valence-electron chi connectivity index (χ4n) is 6.54. The zero-order valence-corrected chi connectivity index (χ0v) is 24.7. The lowest BCUT2D eigenvalue weighted by atomic mass is 9.53. The summed E-state index contributed by atoms with van der Waals surface area (Å²) in [7, 11) is 0. The number of fused-ring (bicyclic) bond motifs is 8. The quantitative estimate of drug-likeness (QED) is 0.131. The van der Waals surface area contributed by atoms with Crippen LogP contribution in [0.4, 0.5) is 22.7 Å². The largest absolute Gasteiger partial charge is 0.422 e. The number of hydrogen-bond acceptors (Lipinski definition) is 4. The third-order valence-corrected chi connectivity index (χ3v) is 11.2. The first-order valence-corrected chi connectivity index (χ1v) is 16.1. The van der Waals surface area contributed by atoms with Gasteiger partial charge in [0.25, 0.3) is 0 Å². The Balaban J connectivity index is 1.46. The van der Waals surface area contributed by atoms with Gasteiger partial charge in [0.15, 0.2) is 0 Å². The lowest BCUT2D eigenvalue weighted by Gasteiger charge is -2.51. The molecule has 0 radical (unpaired) electrons.